The van der Waals surface area contributed by atoms with Crippen molar-refractivity contribution in [3.63, 3.8) is 0 Å². The number of carbonyl (C=O) groups excluding carboxylic acids is 1. The Labute approximate surface area is 124 Å². The van der Waals surface area contributed by atoms with E-state index in [1.807, 2.05) is 30.3 Å². The van der Waals surface area contributed by atoms with Crippen LogP contribution in [0.1, 0.15) is 12.0 Å². The fourth-order valence-electron chi connectivity index (χ4n) is 1.82. The first-order chi connectivity index (χ1) is 9.74. The Balaban J connectivity index is 1.68. The van der Waals surface area contributed by atoms with Crippen LogP contribution in [-0.4, -0.2) is 12.5 Å². The van der Waals surface area contributed by atoms with Gasteiger partial charge in [0, 0.05) is 30.2 Å². The number of carbonyl (C=O) groups is 1. The average Bonchev–Trinajstić information content (AvgIpc) is 2.45. The molecule has 2 N–H and O–H groups in total. The van der Waals surface area contributed by atoms with Crippen LogP contribution in [0.4, 0.5) is 5.69 Å². The molecule has 2 aromatic carbocycles. The molecule has 0 unspecified atom stereocenters. The summed E-state index contributed by atoms with van der Waals surface area (Å²) in [6.07, 6.45) is 0.430. The minimum Gasteiger partial charge on any atom is -0.326 e. The summed E-state index contributed by atoms with van der Waals surface area (Å²) < 4.78 is 0. The predicted octanol–water partition coefficient (Wildman–Crippen LogP) is 3.46. The molecule has 1 amide bonds. The predicted molar refractivity (Wildman–Crippen MR) is 82.8 cm³/mol. The zero-order valence-electron chi connectivity index (χ0n) is 11.1. The summed E-state index contributed by atoms with van der Waals surface area (Å²) in [5.41, 5.74) is 1.94. The van der Waals surface area contributed by atoms with E-state index in [4.69, 9.17) is 11.6 Å². The molecule has 0 aliphatic rings. The van der Waals surface area contributed by atoms with Gasteiger partial charge in [0.25, 0.3) is 0 Å². The van der Waals surface area contributed by atoms with Crippen LogP contribution in [0, 0.1) is 0 Å². The van der Waals surface area contributed by atoms with Gasteiger partial charge < -0.3 is 10.6 Å². The molecular formula is C16H17ClN2O. The maximum atomic E-state index is 11.7. The van der Waals surface area contributed by atoms with Crippen molar-refractivity contribution in [2.24, 2.45) is 0 Å². The third kappa shape index (κ3) is 5.03. The van der Waals surface area contributed by atoms with Crippen molar-refractivity contribution in [2.45, 2.75) is 13.0 Å². The molecule has 104 valence electrons. The molecule has 2 aromatic rings. The Hall–Kier alpha value is -1.84. The highest BCUT2D eigenvalue weighted by molar-refractivity contribution is 6.30. The van der Waals surface area contributed by atoms with Gasteiger partial charge in [-0.05, 0) is 23.8 Å². The zero-order chi connectivity index (χ0) is 14.2. The molecule has 20 heavy (non-hydrogen) atoms. The molecule has 0 aromatic heterocycles. The summed E-state index contributed by atoms with van der Waals surface area (Å²) in [6, 6.07) is 17.2. The van der Waals surface area contributed by atoms with E-state index in [2.05, 4.69) is 22.8 Å². The smallest absolute Gasteiger partial charge is 0.225 e. The summed E-state index contributed by atoms with van der Waals surface area (Å²) in [4.78, 5) is 11.7. The highest BCUT2D eigenvalue weighted by Gasteiger charge is 2.02. The number of benzene rings is 2. The van der Waals surface area contributed by atoms with E-state index in [-0.39, 0.29) is 5.91 Å². The third-order valence-corrected chi connectivity index (χ3v) is 3.04. The molecule has 0 bridgehead atoms. The maximum Gasteiger partial charge on any atom is 0.225 e. The molecule has 2 rings (SSSR count). The molecule has 0 radical (unpaired) electrons. The van der Waals surface area contributed by atoms with Gasteiger partial charge in [-0.15, -0.1) is 0 Å². The first-order valence-corrected chi connectivity index (χ1v) is 6.92. The fourth-order valence-corrected chi connectivity index (χ4v) is 2.01. The van der Waals surface area contributed by atoms with E-state index in [1.165, 1.54) is 5.56 Å². The van der Waals surface area contributed by atoms with Crippen LogP contribution in [0.5, 0.6) is 0 Å². The minimum atomic E-state index is -0.0205. The van der Waals surface area contributed by atoms with Crippen LogP contribution in [0.15, 0.2) is 54.6 Å². The number of amides is 1. The van der Waals surface area contributed by atoms with Crippen molar-refractivity contribution in [2.75, 3.05) is 11.9 Å². The van der Waals surface area contributed by atoms with Crippen LogP contribution < -0.4 is 10.6 Å². The Morgan fingerprint density at radius 2 is 1.85 bits per heavy atom. The van der Waals surface area contributed by atoms with E-state index in [9.17, 15) is 4.79 Å². The van der Waals surface area contributed by atoms with E-state index < -0.39 is 0 Å². The molecule has 0 atom stereocenters. The van der Waals surface area contributed by atoms with Crippen LogP contribution in [0.3, 0.4) is 0 Å². The first kappa shape index (κ1) is 14.6. The second-order valence-electron chi connectivity index (χ2n) is 4.47. The number of nitrogens with one attached hydrogen (secondary N) is 2. The molecule has 0 aliphatic carbocycles. The highest BCUT2D eigenvalue weighted by atomic mass is 35.5. The Morgan fingerprint density at radius 3 is 2.60 bits per heavy atom. The summed E-state index contributed by atoms with van der Waals surface area (Å²) in [5, 5.41) is 6.68. The lowest BCUT2D eigenvalue weighted by molar-refractivity contribution is -0.116. The van der Waals surface area contributed by atoms with Gasteiger partial charge in [0.1, 0.15) is 0 Å². The fraction of sp³-hybridized carbons (Fsp3) is 0.188. The molecule has 0 fully saturated rings. The number of halogens is 1. The topological polar surface area (TPSA) is 41.1 Å². The van der Waals surface area contributed by atoms with Gasteiger partial charge in [-0.25, -0.2) is 0 Å². The van der Waals surface area contributed by atoms with Crippen molar-refractivity contribution in [3.05, 3.63) is 65.2 Å². The molecular weight excluding hydrogens is 272 g/mol. The average molecular weight is 289 g/mol. The largest absolute Gasteiger partial charge is 0.326 e. The Morgan fingerprint density at radius 1 is 1.05 bits per heavy atom. The second kappa shape index (κ2) is 7.68. The molecule has 0 saturated heterocycles. The zero-order valence-corrected chi connectivity index (χ0v) is 11.9. The van der Waals surface area contributed by atoms with Gasteiger partial charge in [0.2, 0.25) is 5.91 Å². The lowest BCUT2D eigenvalue weighted by atomic mass is 10.2. The van der Waals surface area contributed by atoms with Gasteiger partial charge in [-0.3, -0.25) is 4.79 Å². The molecule has 0 heterocycles. The summed E-state index contributed by atoms with van der Waals surface area (Å²) in [5.74, 6) is -0.0205. The minimum absolute atomic E-state index is 0.0205. The summed E-state index contributed by atoms with van der Waals surface area (Å²) in [6.45, 7) is 1.41. The third-order valence-electron chi connectivity index (χ3n) is 2.81. The summed E-state index contributed by atoms with van der Waals surface area (Å²) >= 11 is 5.86. The first-order valence-electron chi connectivity index (χ1n) is 6.54. The normalized spacial score (nSPS) is 10.2. The van der Waals surface area contributed by atoms with Crippen molar-refractivity contribution >= 4 is 23.2 Å². The van der Waals surface area contributed by atoms with Gasteiger partial charge in [0.05, 0.1) is 0 Å². The lowest BCUT2D eigenvalue weighted by Gasteiger charge is -2.07. The van der Waals surface area contributed by atoms with Gasteiger partial charge in [0.15, 0.2) is 0 Å². The van der Waals surface area contributed by atoms with E-state index >= 15 is 0 Å². The van der Waals surface area contributed by atoms with Crippen molar-refractivity contribution in [1.82, 2.24) is 5.32 Å². The monoisotopic (exact) mass is 288 g/mol. The maximum absolute atomic E-state index is 11.7. The SMILES string of the molecule is O=C(CCNCc1ccccc1)Nc1cccc(Cl)c1. The number of hydrogen-bond acceptors (Lipinski definition) is 2. The standard InChI is InChI=1S/C16H17ClN2O/c17-14-7-4-8-15(11-14)19-16(20)9-10-18-12-13-5-2-1-3-6-13/h1-8,11,18H,9-10,12H2,(H,19,20). The molecule has 0 saturated carbocycles. The van der Waals surface area contributed by atoms with Crippen LogP contribution in [0.25, 0.3) is 0 Å². The molecule has 0 aliphatic heterocycles. The second-order valence-corrected chi connectivity index (χ2v) is 4.91. The molecule has 0 spiro atoms. The van der Waals surface area contributed by atoms with E-state index in [1.54, 1.807) is 12.1 Å². The van der Waals surface area contributed by atoms with E-state index in [0.29, 0.717) is 18.0 Å². The Kier molecular flexibility index (Phi) is 5.59. The van der Waals surface area contributed by atoms with Crippen LogP contribution in [0.2, 0.25) is 5.02 Å². The Bertz CT molecular complexity index is 557. The van der Waals surface area contributed by atoms with Crippen molar-refractivity contribution in [3.8, 4) is 0 Å². The quantitative estimate of drug-likeness (QED) is 0.799. The molecule has 4 heteroatoms. The van der Waals surface area contributed by atoms with Crippen LogP contribution >= 0.6 is 11.6 Å². The summed E-state index contributed by atoms with van der Waals surface area (Å²) in [7, 11) is 0. The highest BCUT2D eigenvalue weighted by Crippen LogP contribution is 2.14. The van der Waals surface area contributed by atoms with Gasteiger partial charge in [-0.2, -0.15) is 0 Å². The van der Waals surface area contributed by atoms with Crippen molar-refractivity contribution < 1.29 is 4.79 Å². The van der Waals surface area contributed by atoms with Crippen LogP contribution in [-0.2, 0) is 11.3 Å². The number of hydrogen-bond donors (Lipinski definition) is 2. The van der Waals surface area contributed by atoms with Gasteiger partial charge in [-0.1, -0.05) is 48.0 Å². The van der Waals surface area contributed by atoms with E-state index in [0.717, 1.165) is 12.2 Å². The van der Waals surface area contributed by atoms with Gasteiger partial charge >= 0.3 is 0 Å². The lowest BCUT2D eigenvalue weighted by Crippen LogP contribution is -2.21. The number of anilines is 1. The van der Waals surface area contributed by atoms with Crippen molar-refractivity contribution in [1.29, 1.82) is 0 Å². The molecule has 3 nitrogen and oxygen atoms in total. The number of rotatable bonds is 6.